The minimum Gasteiger partial charge on any atom is -0.497 e. The Hall–Kier alpha value is -2.04. The highest BCUT2D eigenvalue weighted by molar-refractivity contribution is 5.72. The number of imidazole rings is 1. The second-order valence-electron chi connectivity index (χ2n) is 3.55. The Morgan fingerprint density at radius 2 is 2.35 bits per heavy atom. The van der Waals surface area contributed by atoms with E-state index in [-0.39, 0.29) is 12.4 Å². The normalized spacial score (nSPS) is 10.5. The van der Waals surface area contributed by atoms with Gasteiger partial charge in [-0.25, -0.2) is 4.98 Å². The summed E-state index contributed by atoms with van der Waals surface area (Å²) in [5.74, 6) is 0.480. The van der Waals surface area contributed by atoms with Crippen molar-refractivity contribution in [3.05, 3.63) is 30.2 Å². The van der Waals surface area contributed by atoms with Gasteiger partial charge in [0.1, 0.15) is 11.4 Å². The van der Waals surface area contributed by atoms with Crippen molar-refractivity contribution in [2.75, 3.05) is 13.7 Å². The van der Waals surface area contributed by atoms with Gasteiger partial charge in [0, 0.05) is 18.5 Å². The van der Waals surface area contributed by atoms with Crippen LogP contribution in [0.5, 0.6) is 5.75 Å². The topological polar surface area (TPSA) is 52.8 Å². The van der Waals surface area contributed by atoms with E-state index >= 15 is 0 Å². The Bertz CT molecular complexity index is 534. The van der Waals surface area contributed by atoms with Gasteiger partial charge in [-0.15, -0.1) is 0 Å². The van der Waals surface area contributed by atoms with Crippen molar-refractivity contribution in [3.63, 3.8) is 0 Å². The lowest BCUT2D eigenvalue weighted by Crippen LogP contribution is -2.07. The second kappa shape index (κ2) is 4.86. The quantitative estimate of drug-likeness (QED) is 0.751. The molecule has 5 heteroatoms. The second-order valence-corrected chi connectivity index (χ2v) is 3.55. The summed E-state index contributed by atoms with van der Waals surface area (Å²) in [5, 5.41) is 0. The Morgan fingerprint density at radius 1 is 1.53 bits per heavy atom. The molecule has 0 spiro atoms. The van der Waals surface area contributed by atoms with Crippen molar-refractivity contribution < 1.29 is 14.3 Å². The van der Waals surface area contributed by atoms with E-state index in [1.165, 1.54) is 0 Å². The third-order valence-corrected chi connectivity index (χ3v) is 2.35. The van der Waals surface area contributed by atoms with Crippen LogP contribution in [-0.2, 0) is 16.0 Å². The van der Waals surface area contributed by atoms with Gasteiger partial charge >= 0.3 is 5.97 Å². The molecule has 17 heavy (non-hydrogen) atoms. The molecular weight excluding hydrogens is 220 g/mol. The Morgan fingerprint density at radius 3 is 3.06 bits per heavy atom. The standard InChI is InChI=1S/C12H14N2O3/c1-3-17-12(15)6-9-8-14-5-4-10(16-2)7-11(14)13-9/h4-5,7-8H,3,6H2,1-2H3. The number of ether oxygens (including phenoxy) is 2. The highest BCUT2D eigenvalue weighted by atomic mass is 16.5. The Kier molecular flexibility index (Phi) is 3.27. The summed E-state index contributed by atoms with van der Waals surface area (Å²) in [4.78, 5) is 15.6. The molecule has 0 bridgehead atoms. The Balaban J connectivity index is 2.22. The minimum atomic E-state index is -0.261. The summed E-state index contributed by atoms with van der Waals surface area (Å²) in [6.07, 6.45) is 3.85. The molecule has 90 valence electrons. The molecule has 2 rings (SSSR count). The highest BCUT2D eigenvalue weighted by Crippen LogP contribution is 2.14. The molecule has 5 nitrogen and oxygen atoms in total. The van der Waals surface area contributed by atoms with E-state index in [1.807, 2.05) is 28.9 Å². The van der Waals surface area contributed by atoms with Crippen molar-refractivity contribution in [1.29, 1.82) is 0 Å². The lowest BCUT2D eigenvalue weighted by Gasteiger charge is -1.98. The van der Waals surface area contributed by atoms with Crippen LogP contribution in [0.1, 0.15) is 12.6 Å². The lowest BCUT2D eigenvalue weighted by molar-refractivity contribution is -0.142. The van der Waals surface area contributed by atoms with Gasteiger partial charge in [0.15, 0.2) is 0 Å². The number of methoxy groups -OCH3 is 1. The fourth-order valence-electron chi connectivity index (χ4n) is 1.59. The van der Waals surface area contributed by atoms with E-state index in [9.17, 15) is 4.79 Å². The zero-order chi connectivity index (χ0) is 12.3. The number of carbonyl (C=O) groups excluding carboxylic acids is 1. The molecule has 0 fully saturated rings. The number of carbonyl (C=O) groups is 1. The summed E-state index contributed by atoms with van der Waals surface area (Å²) in [5.41, 5.74) is 1.44. The maximum absolute atomic E-state index is 11.3. The summed E-state index contributed by atoms with van der Waals surface area (Å²) < 4.78 is 11.8. The van der Waals surface area contributed by atoms with Crippen molar-refractivity contribution in [2.45, 2.75) is 13.3 Å². The average molecular weight is 234 g/mol. The molecule has 0 radical (unpaired) electrons. The van der Waals surface area contributed by atoms with E-state index in [1.54, 1.807) is 14.0 Å². The molecule has 2 aromatic heterocycles. The van der Waals surface area contributed by atoms with Gasteiger partial charge in [-0.1, -0.05) is 0 Å². The van der Waals surface area contributed by atoms with Gasteiger partial charge in [-0.3, -0.25) is 4.79 Å². The van der Waals surface area contributed by atoms with Gasteiger partial charge in [0.2, 0.25) is 0 Å². The monoisotopic (exact) mass is 234 g/mol. The van der Waals surface area contributed by atoms with Gasteiger partial charge in [0.25, 0.3) is 0 Å². The summed E-state index contributed by atoms with van der Waals surface area (Å²) >= 11 is 0. The summed E-state index contributed by atoms with van der Waals surface area (Å²) in [7, 11) is 1.61. The molecule has 0 N–H and O–H groups in total. The predicted molar refractivity (Wildman–Crippen MR) is 62.1 cm³/mol. The highest BCUT2D eigenvalue weighted by Gasteiger charge is 2.08. The van der Waals surface area contributed by atoms with Gasteiger partial charge in [0.05, 0.1) is 25.8 Å². The van der Waals surface area contributed by atoms with Gasteiger partial charge in [-0.2, -0.15) is 0 Å². The van der Waals surface area contributed by atoms with Gasteiger partial charge < -0.3 is 13.9 Å². The van der Waals surface area contributed by atoms with Crippen molar-refractivity contribution in [3.8, 4) is 5.75 Å². The number of esters is 1. The van der Waals surface area contributed by atoms with Crippen molar-refractivity contribution >= 4 is 11.6 Å². The third kappa shape index (κ3) is 2.55. The first kappa shape index (κ1) is 11.4. The molecule has 0 aromatic carbocycles. The maximum Gasteiger partial charge on any atom is 0.311 e. The third-order valence-electron chi connectivity index (χ3n) is 2.35. The van der Waals surface area contributed by atoms with Crippen LogP contribution in [0, 0.1) is 0 Å². The van der Waals surface area contributed by atoms with Crippen molar-refractivity contribution in [1.82, 2.24) is 9.38 Å². The van der Waals surface area contributed by atoms with Gasteiger partial charge in [-0.05, 0) is 13.0 Å². The first-order valence-electron chi connectivity index (χ1n) is 5.40. The summed E-state index contributed by atoms with van der Waals surface area (Å²) in [6, 6.07) is 3.65. The number of nitrogens with zero attached hydrogens (tertiary/aromatic N) is 2. The zero-order valence-corrected chi connectivity index (χ0v) is 9.84. The fraction of sp³-hybridized carbons (Fsp3) is 0.333. The van der Waals surface area contributed by atoms with E-state index in [0.29, 0.717) is 12.3 Å². The van der Waals surface area contributed by atoms with E-state index < -0.39 is 0 Å². The zero-order valence-electron chi connectivity index (χ0n) is 9.84. The number of hydrogen-bond acceptors (Lipinski definition) is 4. The van der Waals surface area contributed by atoms with Crippen LogP contribution in [0.15, 0.2) is 24.5 Å². The molecule has 0 atom stereocenters. The first-order valence-corrected chi connectivity index (χ1v) is 5.40. The number of pyridine rings is 1. The van der Waals surface area contributed by atoms with Crippen LogP contribution in [0.4, 0.5) is 0 Å². The van der Waals surface area contributed by atoms with Crippen LogP contribution >= 0.6 is 0 Å². The van der Waals surface area contributed by atoms with E-state index in [2.05, 4.69) is 4.98 Å². The predicted octanol–water partition coefficient (Wildman–Crippen LogP) is 1.45. The van der Waals surface area contributed by atoms with E-state index in [0.717, 1.165) is 11.4 Å². The minimum absolute atomic E-state index is 0.192. The number of rotatable bonds is 4. The van der Waals surface area contributed by atoms with Crippen LogP contribution in [-0.4, -0.2) is 29.1 Å². The van der Waals surface area contributed by atoms with Crippen LogP contribution in [0.25, 0.3) is 5.65 Å². The number of aromatic nitrogens is 2. The molecule has 2 heterocycles. The molecule has 0 aliphatic heterocycles. The maximum atomic E-state index is 11.3. The molecule has 0 unspecified atom stereocenters. The molecular formula is C12H14N2O3. The lowest BCUT2D eigenvalue weighted by atomic mass is 10.3. The van der Waals surface area contributed by atoms with E-state index in [4.69, 9.17) is 9.47 Å². The van der Waals surface area contributed by atoms with Crippen LogP contribution in [0.2, 0.25) is 0 Å². The molecule has 0 saturated heterocycles. The molecule has 0 saturated carbocycles. The van der Waals surface area contributed by atoms with Crippen LogP contribution < -0.4 is 4.74 Å². The first-order chi connectivity index (χ1) is 8.22. The largest absolute Gasteiger partial charge is 0.497 e. The molecule has 0 aliphatic carbocycles. The number of fused-ring (bicyclic) bond motifs is 1. The molecule has 2 aromatic rings. The molecule has 0 aliphatic rings. The molecule has 0 amide bonds. The summed E-state index contributed by atoms with van der Waals surface area (Å²) in [6.45, 7) is 2.17. The Labute approximate surface area is 99.0 Å². The van der Waals surface area contributed by atoms with Crippen LogP contribution in [0.3, 0.4) is 0 Å². The fourth-order valence-corrected chi connectivity index (χ4v) is 1.59. The average Bonchev–Trinajstić information content (AvgIpc) is 2.69. The SMILES string of the molecule is CCOC(=O)Cc1cn2ccc(OC)cc2n1. The smallest absolute Gasteiger partial charge is 0.311 e. The van der Waals surface area contributed by atoms with Crippen molar-refractivity contribution in [2.24, 2.45) is 0 Å². The number of hydrogen-bond donors (Lipinski definition) is 0.